The third-order valence-electron chi connectivity index (χ3n) is 4.21. The van der Waals surface area contributed by atoms with Crippen LogP contribution in [-0.4, -0.2) is 26.9 Å². The lowest BCUT2D eigenvalue weighted by Gasteiger charge is -2.28. The van der Waals surface area contributed by atoms with E-state index in [9.17, 15) is 17.6 Å². The van der Waals surface area contributed by atoms with Crippen LogP contribution in [0.15, 0.2) is 46.0 Å². The molecule has 2 rings (SSSR count). The average molecular weight is 413 g/mol. The van der Waals surface area contributed by atoms with Crippen LogP contribution in [0.2, 0.25) is 0 Å². The molecule has 0 atom stereocenters. The first-order valence-electron chi connectivity index (χ1n) is 8.74. The number of anilines is 1. The van der Waals surface area contributed by atoms with Gasteiger partial charge in [-0.2, -0.15) is 0 Å². The van der Waals surface area contributed by atoms with Crippen molar-refractivity contribution < 1.29 is 17.6 Å². The molecule has 0 radical (unpaired) electrons. The molecule has 1 amide bonds. The molecule has 1 N–H and O–H groups in total. The maximum atomic E-state index is 14.3. The number of nitrogens with zero attached hydrogens (tertiary/aromatic N) is 1. The largest absolute Gasteiger partial charge is 0.351 e. The molecule has 0 spiro atoms. The second kappa shape index (κ2) is 8.84. The molecule has 0 aliphatic carbocycles. The highest BCUT2D eigenvalue weighted by Crippen LogP contribution is 2.28. The lowest BCUT2D eigenvalue weighted by Crippen LogP contribution is -2.48. The number of nitrogens with one attached hydrogen (secondary N) is 1. The van der Waals surface area contributed by atoms with Crippen molar-refractivity contribution in [1.29, 1.82) is 0 Å². The van der Waals surface area contributed by atoms with Gasteiger partial charge in [-0.3, -0.25) is 9.10 Å². The Kier molecular flexibility index (Phi) is 7.00. The molecule has 0 fully saturated rings. The lowest BCUT2D eigenvalue weighted by molar-refractivity contribution is -0.121. The predicted octanol–water partition coefficient (Wildman–Crippen LogP) is 3.88. The van der Waals surface area contributed by atoms with Gasteiger partial charge >= 0.3 is 0 Å². The fourth-order valence-electron chi connectivity index (χ4n) is 2.94. The Balaban J connectivity index is 2.37. The smallest absolute Gasteiger partial charge is 0.274 e. The zero-order chi connectivity index (χ0) is 20.2. The number of carbonyl (C=O) groups is 1. The topological polar surface area (TPSA) is 66.5 Å². The number of carbonyl (C=O) groups excluding carboxylic acids is 1. The van der Waals surface area contributed by atoms with Gasteiger partial charge in [-0.25, -0.2) is 12.8 Å². The van der Waals surface area contributed by atoms with Crippen LogP contribution >= 0.6 is 11.3 Å². The quantitative estimate of drug-likeness (QED) is 0.716. The van der Waals surface area contributed by atoms with Crippen LogP contribution in [0.25, 0.3) is 0 Å². The average Bonchev–Trinajstić information content (AvgIpc) is 3.13. The molecule has 2 aromatic rings. The van der Waals surface area contributed by atoms with E-state index in [1.54, 1.807) is 11.4 Å². The van der Waals surface area contributed by atoms with E-state index in [2.05, 4.69) is 5.32 Å². The number of halogens is 1. The zero-order valence-corrected chi connectivity index (χ0v) is 17.5. The van der Waals surface area contributed by atoms with Gasteiger partial charge < -0.3 is 5.32 Å². The van der Waals surface area contributed by atoms with Gasteiger partial charge in [0.15, 0.2) is 0 Å². The van der Waals surface area contributed by atoms with E-state index in [4.69, 9.17) is 0 Å². The van der Waals surface area contributed by atoms with Crippen molar-refractivity contribution in [2.24, 2.45) is 11.8 Å². The number of sulfonamides is 1. The van der Waals surface area contributed by atoms with Gasteiger partial charge in [0, 0.05) is 6.04 Å². The molecule has 0 aliphatic heterocycles. The van der Waals surface area contributed by atoms with Crippen molar-refractivity contribution in [1.82, 2.24) is 5.32 Å². The number of para-hydroxylation sites is 1. The molecule has 1 aromatic carbocycles. The summed E-state index contributed by atoms with van der Waals surface area (Å²) in [7, 11) is -4.05. The minimum absolute atomic E-state index is 0.0582. The summed E-state index contributed by atoms with van der Waals surface area (Å²) in [5.41, 5.74) is -0.147. The van der Waals surface area contributed by atoms with Gasteiger partial charge in [0.2, 0.25) is 5.91 Å². The number of benzene rings is 1. The van der Waals surface area contributed by atoms with Crippen LogP contribution in [0, 0.1) is 17.7 Å². The SMILES string of the molecule is CC(C)C(NC(=O)CN(c1ccccc1F)S(=O)(=O)c1cccs1)C(C)C. The van der Waals surface area contributed by atoms with Crippen LogP contribution in [0.1, 0.15) is 27.7 Å². The predicted molar refractivity (Wildman–Crippen MR) is 107 cm³/mol. The number of amides is 1. The number of thiophene rings is 1. The first kappa shape index (κ1) is 21.4. The monoisotopic (exact) mass is 412 g/mol. The molecular formula is C19H25FN2O3S2. The van der Waals surface area contributed by atoms with E-state index in [0.29, 0.717) is 0 Å². The van der Waals surface area contributed by atoms with E-state index in [1.807, 2.05) is 27.7 Å². The molecule has 8 heteroatoms. The van der Waals surface area contributed by atoms with Crippen LogP contribution in [-0.2, 0) is 14.8 Å². The molecule has 0 saturated carbocycles. The molecule has 1 aromatic heterocycles. The summed E-state index contributed by atoms with van der Waals surface area (Å²) in [5, 5.41) is 4.51. The van der Waals surface area contributed by atoms with Crippen LogP contribution < -0.4 is 9.62 Å². The highest BCUT2D eigenvalue weighted by atomic mass is 32.2. The molecule has 148 valence electrons. The standard InChI is InChI=1S/C19H25FN2O3S2/c1-13(2)19(14(3)4)21-17(23)12-22(16-9-6-5-8-15(16)20)27(24,25)18-10-7-11-26-18/h5-11,13-14,19H,12H2,1-4H3,(H,21,23). The van der Waals surface area contributed by atoms with Gasteiger partial charge in [0.05, 0.1) is 5.69 Å². The fraction of sp³-hybridized carbons (Fsp3) is 0.421. The van der Waals surface area contributed by atoms with Gasteiger partial charge in [-0.05, 0) is 35.4 Å². The Morgan fingerprint density at radius 2 is 1.74 bits per heavy atom. The molecule has 0 aliphatic rings. The van der Waals surface area contributed by atoms with Crippen molar-refractivity contribution in [2.75, 3.05) is 10.8 Å². The Bertz CT molecular complexity index is 857. The third kappa shape index (κ3) is 5.07. The summed E-state index contributed by atoms with van der Waals surface area (Å²) < 4.78 is 41.3. The van der Waals surface area contributed by atoms with Gasteiger partial charge in [0.1, 0.15) is 16.6 Å². The second-order valence-electron chi connectivity index (χ2n) is 6.98. The molecule has 0 saturated heterocycles. The molecule has 1 heterocycles. The Morgan fingerprint density at radius 1 is 1.11 bits per heavy atom. The van der Waals surface area contributed by atoms with Crippen LogP contribution in [0.5, 0.6) is 0 Å². The van der Waals surface area contributed by atoms with Crippen molar-refractivity contribution in [3.8, 4) is 0 Å². The number of rotatable bonds is 8. The van der Waals surface area contributed by atoms with E-state index in [0.717, 1.165) is 15.6 Å². The summed E-state index contributed by atoms with van der Waals surface area (Å²) >= 11 is 1.03. The summed E-state index contributed by atoms with van der Waals surface area (Å²) in [5.74, 6) is -0.796. The Labute approximate surface area is 164 Å². The summed E-state index contributed by atoms with van der Waals surface area (Å²) in [6, 6.07) is 8.48. The van der Waals surface area contributed by atoms with Crippen LogP contribution in [0.3, 0.4) is 0 Å². The van der Waals surface area contributed by atoms with Crippen molar-refractivity contribution in [2.45, 2.75) is 37.9 Å². The highest BCUT2D eigenvalue weighted by molar-refractivity contribution is 7.94. The minimum atomic E-state index is -4.05. The summed E-state index contributed by atoms with van der Waals surface area (Å²) in [4.78, 5) is 12.6. The summed E-state index contributed by atoms with van der Waals surface area (Å²) in [6.45, 7) is 7.46. The van der Waals surface area contributed by atoms with E-state index in [1.165, 1.54) is 30.3 Å². The maximum Gasteiger partial charge on any atom is 0.274 e. The minimum Gasteiger partial charge on any atom is -0.351 e. The number of hydrogen-bond donors (Lipinski definition) is 1. The van der Waals surface area contributed by atoms with Crippen molar-refractivity contribution in [3.05, 3.63) is 47.6 Å². The first-order chi connectivity index (χ1) is 12.6. The van der Waals surface area contributed by atoms with Gasteiger partial charge in [-0.15, -0.1) is 11.3 Å². The maximum absolute atomic E-state index is 14.3. The number of hydrogen-bond acceptors (Lipinski definition) is 4. The van der Waals surface area contributed by atoms with E-state index < -0.39 is 28.3 Å². The van der Waals surface area contributed by atoms with Crippen molar-refractivity contribution in [3.63, 3.8) is 0 Å². The Hall–Kier alpha value is -1.93. The molecule has 0 bridgehead atoms. The van der Waals surface area contributed by atoms with E-state index >= 15 is 0 Å². The summed E-state index contributed by atoms with van der Waals surface area (Å²) in [6.07, 6.45) is 0. The fourth-order valence-corrected chi connectivity index (χ4v) is 5.47. The van der Waals surface area contributed by atoms with Crippen molar-refractivity contribution >= 4 is 33.0 Å². The highest BCUT2D eigenvalue weighted by Gasteiger charge is 2.31. The molecule has 5 nitrogen and oxygen atoms in total. The van der Waals surface area contributed by atoms with E-state index in [-0.39, 0.29) is 27.8 Å². The first-order valence-corrected chi connectivity index (χ1v) is 11.1. The molecule has 0 unspecified atom stereocenters. The van der Waals surface area contributed by atoms with Crippen LogP contribution in [0.4, 0.5) is 10.1 Å². The van der Waals surface area contributed by atoms with Gasteiger partial charge in [-0.1, -0.05) is 45.9 Å². The molecular weight excluding hydrogens is 387 g/mol. The molecule has 27 heavy (non-hydrogen) atoms. The lowest BCUT2D eigenvalue weighted by atomic mass is 9.93. The normalized spacial score (nSPS) is 12.0. The second-order valence-corrected chi connectivity index (χ2v) is 10.0. The zero-order valence-electron chi connectivity index (χ0n) is 15.8. The third-order valence-corrected chi connectivity index (χ3v) is 7.34. The van der Waals surface area contributed by atoms with Gasteiger partial charge in [0.25, 0.3) is 10.0 Å². The Morgan fingerprint density at radius 3 is 2.26 bits per heavy atom.